The Hall–Kier alpha value is -1.62. The average Bonchev–Trinajstić information content (AvgIpc) is 2.29. The lowest BCUT2D eigenvalue weighted by Gasteiger charge is -2.29. The normalized spacial score (nSPS) is 11.1. The van der Waals surface area contributed by atoms with Gasteiger partial charge in [-0.2, -0.15) is 0 Å². The van der Waals surface area contributed by atoms with Crippen molar-refractivity contribution in [2.75, 3.05) is 13.1 Å². The van der Waals surface area contributed by atoms with Gasteiger partial charge in [0.2, 0.25) is 11.8 Å². The molecule has 0 radical (unpaired) electrons. The molecule has 0 unspecified atom stereocenters. The molecule has 5 heteroatoms. The Bertz CT molecular complexity index is 364. The molecule has 0 heterocycles. The van der Waals surface area contributed by atoms with Crippen LogP contribution in [0.4, 0.5) is 0 Å². The van der Waals surface area contributed by atoms with Gasteiger partial charge in [-0.25, -0.2) is 0 Å². The second kappa shape index (κ2) is 7.85. The summed E-state index contributed by atoms with van der Waals surface area (Å²) in [7, 11) is 0. The van der Waals surface area contributed by atoms with Gasteiger partial charge in [-0.05, 0) is 34.6 Å². The minimum absolute atomic E-state index is 0.0680. The summed E-state index contributed by atoms with van der Waals surface area (Å²) in [6.07, 6.45) is 0. The molecule has 3 N–H and O–H groups in total. The zero-order valence-electron chi connectivity index (χ0n) is 13.2. The lowest BCUT2D eigenvalue weighted by atomic mass is 10.1. The molecule has 0 rings (SSSR count). The van der Waals surface area contributed by atoms with Gasteiger partial charge >= 0.3 is 0 Å². The Morgan fingerprint density at radius 2 is 1.30 bits per heavy atom. The van der Waals surface area contributed by atoms with E-state index >= 15 is 0 Å². The van der Waals surface area contributed by atoms with Gasteiger partial charge in [0.05, 0.1) is 0 Å². The molecule has 0 saturated heterocycles. The van der Waals surface area contributed by atoms with Gasteiger partial charge in [0.15, 0.2) is 0 Å². The molecule has 5 nitrogen and oxygen atoms in total. The summed E-state index contributed by atoms with van der Waals surface area (Å²) in [5.74, 6) is -0.367. The fourth-order valence-electron chi connectivity index (χ4n) is 1.52. The van der Waals surface area contributed by atoms with Crippen molar-refractivity contribution in [3.8, 4) is 0 Å². The largest absolute Gasteiger partial charge is 0.351 e. The molecule has 0 aromatic carbocycles. The quantitative estimate of drug-likeness (QED) is 0.613. The van der Waals surface area contributed by atoms with Gasteiger partial charge < -0.3 is 16.0 Å². The molecule has 0 aliphatic carbocycles. The summed E-state index contributed by atoms with van der Waals surface area (Å²) >= 11 is 0. The maximum absolute atomic E-state index is 11.5. The lowest BCUT2D eigenvalue weighted by molar-refractivity contribution is -0.117. The Labute approximate surface area is 121 Å². The first-order valence-electron chi connectivity index (χ1n) is 6.68. The third kappa shape index (κ3) is 8.48. The van der Waals surface area contributed by atoms with Crippen LogP contribution in [0, 0.1) is 0 Å². The van der Waals surface area contributed by atoms with Crippen molar-refractivity contribution in [3.05, 3.63) is 24.3 Å². The van der Waals surface area contributed by atoms with Crippen molar-refractivity contribution in [1.82, 2.24) is 16.0 Å². The van der Waals surface area contributed by atoms with Crippen LogP contribution in [0.1, 0.15) is 34.6 Å². The van der Waals surface area contributed by atoms with E-state index in [1.807, 2.05) is 20.8 Å². The first-order chi connectivity index (χ1) is 9.03. The summed E-state index contributed by atoms with van der Waals surface area (Å²) in [5.41, 5.74) is 0.808. The predicted molar refractivity (Wildman–Crippen MR) is 82.3 cm³/mol. The van der Waals surface area contributed by atoms with Crippen LogP contribution in [0.2, 0.25) is 0 Å². The van der Waals surface area contributed by atoms with Crippen LogP contribution >= 0.6 is 0 Å². The lowest BCUT2D eigenvalue weighted by Crippen LogP contribution is -2.54. The Kier molecular flexibility index (Phi) is 7.21. The smallest absolute Gasteiger partial charge is 0.246 e. The van der Waals surface area contributed by atoms with Gasteiger partial charge in [0, 0.05) is 35.8 Å². The second-order valence-corrected chi connectivity index (χ2v) is 6.07. The SMILES string of the molecule is C=C(C)C(=O)NCC(CNC(=O)C(=C)C)NC(C)(C)C. The van der Waals surface area contributed by atoms with Gasteiger partial charge in [0.1, 0.15) is 0 Å². The van der Waals surface area contributed by atoms with E-state index in [1.54, 1.807) is 13.8 Å². The molecule has 0 atom stereocenters. The van der Waals surface area contributed by atoms with Crippen molar-refractivity contribution in [1.29, 1.82) is 0 Å². The van der Waals surface area contributed by atoms with Crippen molar-refractivity contribution < 1.29 is 9.59 Å². The maximum atomic E-state index is 11.5. The van der Waals surface area contributed by atoms with Gasteiger partial charge in [-0.15, -0.1) is 0 Å². The van der Waals surface area contributed by atoms with Crippen molar-refractivity contribution >= 4 is 11.8 Å². The van der Waals surface area contributed by atoms with Crippen LogP contribution in [0.25, 0.3) is 0 Å². The Morgan fingerprint density at radius 1 is 0.950 bits per heavy atom. The molecule has 0 aliphatic heterocycles. The number of rotatable bonds is 7. The highest BCUT2D eigenvalue weighted by atomic mass is 16.2. The first-order valence-corrected chi connectivity index (χ1v) is 6.68. The van der Waals surface area contributed by atoms with E-state index in [9.17, 15) is 9.59 Å². The monoisotopic (exact) mass is 281 g/mol. The summed E-state index contributed by atoms with van der Waals surface area (Å²) in [6.45, 7) is 17.4. The maximum Gasteiger partial charge on any atom is 0.246 e. The highest BCUT2D eigenvalue weighted by molar-refractivity contribution is 5.92. The van der Waals surface area contributed by atoms with E-state index in [0.29, 0.717) is 24.2 Å². The van der Waals surface area contributed by atoms with Crippen LogP contribution in [0.15, 0.2) is 24.3 Å². The Morgan fingerprint density at radius 3 is 1.55 bits per heavy atom. The van der Waals surface area contributed by atoms with Crippen LogP contribution in [0.5, 0.6) is 0 Å². The van der Waals surface area contributed by atoms with Gasteiger partial charge in [0.25, 0.3) is 0 Å². The second-order valence-electron chi connectivity index (χ2n) is 6.07. The molecule has 0 aliphatic rings. The molecule has 0 saturated carbocycles. The van der Waals surface area contributed by atoms with Crippen molar-refractivity contribution in [3.63, 3.8) is 0 Å². The average molecular weight is 281 g/mol. The van der Waals surface area contributed by atoms with E-state index in [0.717, 1.165) is 0 Å². The van der Waals surface area contributed by atoms with Crippen LogP contribution in [-0.2, 0) is 9.59 Å². The van der Waals surface area contributed by atoms with Gasteiger partial charge in [-0.1, -0.05) is 13.2 Å². The molecule has 0 aromatic rings. The van der Waals surface area contributed by atoms with Crippen LogP contribution in [-0.4, -0.2) is 36.5 Å². The standard InChI is InChI=1S/C15H27N3O2/c1-10(2)13(19)16-8-12(18-15(5,6)7)9-17-14(20)11(3)4/h12,18H,1,3,8-9H2,2,4-7H3,(H,16,19)(H,17,20). The fourth-order valence-corrected chi connectivity index (χ4v) is 1.52. The summed E-state index contributed by atoms with van der Waals surface area (Å²) in [5, 5.41) is 8.92. The van der Waals surface area contributed by atoms with E-state index in [2.05, 4.69) is 29.1 Å². The highest BCUT2D eigenvalue weighted by Crippen LogP contribution is 2.01. The molecule has 114 valence electrons. The summed E-state index contributed by atoms with van der Waals surface area (Å²) in [6, 6.07) is -0.0680. The highest BCUT2D eigenvalue weighted by Gasteiger charge is 2.18. The fraction of sp³-hybridized carbons (Fsp3) is 0.600. The zero-order chi connectivity index (χ0) is 15.9. The predicted octanol–water partition coefficient (Wildman–Crippen LogP) is 1.13. The molecule has 0 fully saturated rings. The number of hydrogen-bond acceptors (Lipinski definition) is 3. The summed E-state index contributed by atoms with van der Waals surface area (Å²) in [4.78, 5) is 23.0. The molecular weight excluding hydrogens is 254 g/mol. The number of hydrogen-bond donors (Lipinski definition) is 3. The van der Waals surface area contributed by atoms with Crippen molar-refractivity contribution in [2.45, 2.75) is 46.2 Å². The van der Waals surface area contributed by atoms with Crippen LogP contribution in [0.3, 0.4) is 0 Å². The number of amides is 2. The number of nitrogens with one attached hydrogen (secondary N) is 3. The number of carbonyl (C=O) groups excluding carboxylic acids is 2. The summed E-state index contributed by atoms with van der Waals surface area (Å²) < 4.78 is 0. The topological polar surface area (TPSA) is 70.2 Å². The van der Waals surface area contributed by atoms with Crippen LogP contribution < -0.4 is 16.0 Å². The van der Waals surface area contributed by atoms with Crippen molar-refractivity contribution in [2.24, 2.45) is 0 Å². The Balaban J connectivity index is 4.49. The third-order valence-electron chi connectivity index (χ3n) is 2.43. The van der Waals surface area contributed by atoms with E-state index in [1.165, 1.54) is 0 Å². The zero-order valence-corrected chi connectivity index (χ0v) is 13.2. The molecule has 2 amide bonds. The van der Waals surface area contributed by atoms with E-state index in [4.69, 9.17) is 0 Å². The minimum atomic E-state index is -0.183. The molecular formula is C15H27N3O2. The molecule has 20 heavy (non-hydrogen) atoms. The third-order valence-corrected chi connectivity index (χ3v) is 2.43. The molecule has 0 bridgehead atoms. The number of carbonyl (C=O) groups is 2. The molecule has 0 aromatic heterocycles. The van der Waals surface area contributed by atoms with E-state index < -0.39 is 0 Å². The van der Waals surface area contributed by atoms with E-state index in [-0.39, 0.29) is 23.4 Å². The molecule has 0 spiro atoms. The minimum Gasteiger partial charge on any atom is -0.351 e. The first kappa shape index (κ1) is 18.4. The van der Waals surface area contributed by atoms with Gasteiger partial charge in [-0.3, -0.25) is 9.59 Å².